The van der Waals surface area contributed by atoms with Gasteiger partial charge in [-0.25, -0.2) is 4.98 Å². The molecule has 1 N–H and O–H groups in total. The number of benzene rings is 1. The highest BCUT2D eigenvalue weighted by Gasteiger charge is 2.19. The topological polar surface area (TPSA) is 54.5 Å². The molecule has 0 saturated carbocycles. The van der Waals surface area contributed by atoms with E-state index in [-0.39, 0.29) is 17.9 Å². The number of ether oxygens (including phenoxy) is 1. The van der Waals surface area contributed by atoms with Crippen LogP contribution in [0.1, 0.15) is 51.3 Å². The van der Waals surface area contributed by atoms with Crippen molar-refractivity contribution in [2.75, 3.05) is 25.0 Å². The second kappa shape index (κ2) is 8.85. The molecule has 1 amide bonds. The predicted octanol–water partition coefficient (Wildman–Crippen LogP) is 4.44. The zero-order valence-corrected chi connectivity index (χ0v) is 17.3. The van der Waals surface area contributed by atoms with Gasteiger partial charge in [-0.2, -0.15) is 0 Å². The average molecular weight is 388 g/mol. The highest BCUT2D eigenvalue weighted by molar-refractivity contribution is 7.13. The molecule has 1 aliphatic heterocycles. The van der Waals surface area contributed by atoms with E-state index < -0.39 is 0 Å². The molecule has 1 fully saturated rings. The van der Waals surface area contributed by atoms with Gasteiger partial charge >= 0.3 is 0 Å². The third-order valence-corrected chi connectivity index (χ3v) is 5.49. The van der Waals surface area contributed by atoms with Gasteiger partial charge in [-0.15, -0.1) is 11.3 Å². The quantitative estimate of drug-likeness (QED) is 0.796. The van der Waals surface area contributed by atoms with Gasteiger partial charge in [0.1, 0.15) is 5.75 Å². The summed E-state index contributed by atoms with van der Waals surface area (Å²) in [7, 11) is 0. The van der Waals surface area contributed by atoms with Crippen LogP contribution in [0.3, 0.4) is 0 Å². The summed E-state index contributed by atoms with van der Waals surface area (Å²) in [5.74, 6) is 0.572. The molecular formula is C21H29N3O2S. The van der Waals surface area contributed by atoms with E-state index in [0.717, 1.165) is 36.6 Å². The number of rotatable bonds is 6. The van der Waals surface area contributed by atoms with Gasteiger partial charge in [0.15, 0.2) is 11.7 Å². The first-order chi connectivity index (χ1) is 12.9. The molecule has 146 valence electrons. The van der Waals surface area contributed by atoms with Gasteiger partial charge in [0, 0.05) is 11.9 Å². The van der Waals surface area contributed by atoms with Crippen LogP contribution in [0.2, 0.25) is 0 Å². The fraction of sp³-hybridized carbons (Fsp3) is 0.524. The van der Waals surface area contributed by atoms with Crippen molar-refractivity contribution in [3.8, 4) is 5.75 Å². The largest absolute Gasteiger partial charge is 0.483 e. The van der Waals surface area contributed by atoms with Gasteiger partial charge in [0.05, 0.1) is 5.69 Å². The van der Waals surface area contributed by atoms with Gasteiger partial charge in [0.25, 0.3) is 5.91 Å². The molecule has 1 aliphatic rings. The number of likely N-dealkylation sites (tertiary alicyclic amines) is 1. The van der Waals surface area contributed by atoms with Gasteiger partial charge in [-0.05, 0) is 43.0 Å². The lowest BCUT2D eigenvalue weighted by molar-refractivity contribution is -0.118. The molecule has 3 rings (SSSR count). The molecule has 0 radical (unpaired) electrons. The number of aromatic nitrogens is 1. The SMILES string of the molecule is CC(C)(C)c1ccccc1OCC(=O)Nc1nc(CN2CCCCC2)cs1. The lowest BCUT2D eigenvalue weighted by atomic mass is 9.86. The van der Waals surface area contributed by atoms with Crippen LogP contribution in [-0.4, -0.2) is 35.5 Å². The molecule has 2 heterocycles. The Balaban J connectivity index is 1.51. The van der Waals surface area contributed by atoms with E-state index in [1.165, 1.54) is 30.6 Å². The molecule has 0 aliphatic carbocycles. The molecule has 1 saturated heterocycles. The Kier molecular flexibility index (Phi) is 6.50. The number of nitrogens with zero attached hydrogens (tertiary/aromatic N) is 2. The number of hydrogen-bond donors (Lipinski definition) is 1. The van der Waals surface area contributed by atoms with Crippen molar-refractivity contribution in [1.29, 1.82) is 0 Å². The van der Waals surface area contributed by atoms with Crippen LogP contribution in [0.15, 0.2) is 29.6 Å². The minimum atomic E-state index is -0.183. The van der Waals surface area contributed by atoms with Crippen LogP contribution < -0.4 is 10.1 Å². The number of para-hydroxylation sites is 1. The molecule has 5 nitrogen and oxygen atoms in total. The van der Waals surface area contributed by atoms with Crippen LogP contribution in [0.5, 0.6) is 5.75 Å². The number of carbonyl (C=O) groups is 1. The number of piperidine rings is 1. The van der Waals surface area contributed by atoms with E-state index in [2.05, 4.69) is 36.0 Å². The van der Waals surface area contributed by atoms with E-state index in [0.29, 0.717) is 5.13 Å². The highest BCUT2D eigenvalue weighted by Crippen LogP contribution is 2.30. The first-order valence-electron chi connectivity index (χ1n) is 9.61. The number of anilines is 1. The predicted molar refractivity (Wildman–Crippen MR) is 111 cm³/mol. The second-order valence-corrected chi connectivity index (χ2v) is 8.92. The van der Waals surface area contributed by atoms with E-state index in [9.17, 15) is 4.79 Å². The summed E-state index contributed by atoms with van der Waals surface area (Å²) in [4.78, 5) is 19.2. The Morgan fingerprint density at radius 3 is 2.70 bits per heavy atom. The van der Waals surface area contributed by atoms with Crippen molar-refractivity contribution >= 4 is 22.4 Å². The molecule has 6 heteroatoms. The Morgan fingerprint density at radius 1 is 1.22 bits per heavy atom. The zero-order valence-electron chi connectivity index (χ0n) is 16.5. The van der Waals surface area contributed by atoms with Gasteiger partial charge < -0.3 is 4.74 Å². The average Bonchev–Trinajstić information content (AvgIpc) is 3.07. The standard InChI is InChI=1S/C21H29N3O2S/c1-21(2,3)17-9-5-6-10-18(17)26-14-19(25)23-20-22-16(15-27-20)13-24-11-7-4-8-12-24/h5-6,9-10,15H,4,7-8,11-14H2,1-3H3,(H,22,23,25). The normalized spacial score (nSPS) is 15.5. The van der Waals surface area contributed by atoms with Crippen molar-refractivity contribution in [2.24, 2.45) is 0 Å². The molecule has 0 unspecified atom stereocenters. The van der Waals surface area contributed by atoms with Gasteiger partial charge in [-0.3, -0.25) is 15.0 Å². The third kappa shape index (κ3) is 5.78. The summed E-state index contributed by atoms with van der Waals surface area (Å²) in [5, 5.41) is 5.52. The Labute approximate surface area is 165 Å². The summed E-state index contributed by atoms with van der Waals surface area (Å²) in [5.41, 5.74) is 2.08. The summed E-state index contributed by atoms with van der Waals surface area (Å²) in [6.07, 6.45) is 3.86. The zero-order chi connectivity index (χ0) is 19.3. The van der Waals surface area contributed by atoms with Crippen molar-refractivity contribution in [3.63, 3.8) is 0 Å². The first-order valence-corrected chi connectivity index (χ1v) is 10.5. The van der Waals surface area contributed by atoms with Crippen molar-refractivity contribution in [3.05, 3.63) is 40.9 Å². The van der Waals surface area contributed by atoms with E-state index in [4.69, 9.17) is 4.74 Å². The maximum absolute atomic E-state index is 12.3. The smallest absolute Gasteiger partial charge is 0.264 e. The molecular weight excluding hydrogens is 358 g/mol. The summed E-state index contributed by atoms with van der Waals surface area (Å²) in [6, 6.07) is 7.87. The van der Waals surface area contributed by atoms with Crippen LogP contribution in [0, 0.1) is 0 Å². The number of nitrogens with one attached hydrogen (secondary N) is 1. The van der Waals surface area contributed by atoms with Crippen LogP contribution in [0.25, 0.3) is 0 Å². The molecule has 0 bridgehead atoms. The molecule has 0 atom stereocenters. The molecule has 2 aromatic rings. The lowest BCUT2D eigenvalue weighted by Gasteiger charge is -2.25. The molecule has 1 aromatic heterocycles. The maximum Gasteiger partial charge on any atom is 0.264 e. The summed E-state index contributed by atoms with van der Waals surface area (Å²) in [6.45, 7) is 9.52. The Bertz CT molecular complexity index is 761. The van der Waals surface area contributed by atoms with Crippen molar-refractivity contribution < 1.29 is 9.53 Å². The fourth-order valence-electron chi connectivity index (χ4n) is 3.29. The number of amides is 1. The Hall–Kier alpha value is -1.92. The second-order valence-electron chi connectivity index (χ2n) is 8.06. The van der Waals surface area contributed by atoms with Gasteiger partial charge in [0.2, 0.25) is 0 Å². The number of thiazole rings is 1. The van der Waals surface area contributed by atoms with Crippen molar-refractivity contribution in [2.45, 2.75) is 52.0 Å². The van der Waals surface area contributed by atoms with E-state index in [1.54, 1.807) is 0 Å². The highest BCUT2D eigenvalue weighted by atomic mass is 32.1. The molecule has 0 spiro atoms. The minimum absolute atomic E-state index is 0.0197. The molecule has 1 aromatic carbocycles. The lowest BCUT2D eigenvalue weighted by Crippen LogP contribution is -2.29. The third-order valence-electron chi connectivity index (χ3n) is 4.69. The summed E-state index contributed by atoms with van der Waals surface area (Å²) < 4.78 is 5.78. The van der Waals surface area contributed by atoms with Crippen LogP contribution in [0.4, 0.5) is 5.13 Å². The van der Waals surface area contributed by atoms with E-state index in [1.807, 2.05) is 29.6 Å². The van der Waals surface area contributed by atoms with Crippen LogP contribution >= 0.6 is 11.3 Å². The number of carbonyl (C=O) groups excluding carboxylic acids is 1. The van der Waals surface area contributed by atoms with Gasteiger partial charge in [-0.1, -0.05) is 45.4 Å². The monoisotopic (exact) mass is 387 g/mol. The summed E-state index contributed by atoms with van der Waals surface area (Å²) >= 11 is 1.47. The fourth-order valence-corrected chi connectivity index (χ4v) is 4.01. The Morgan fingerprint density at radius 2 is 1.96 bits per heavy atom. The van der Waals surface area contributed by atoms with E-state index >= 15 is 0 Å². The van der Waals surface area contributed by atoms with Crippen molar-refractivity contribution in [1.82, 2.24) is 9.88 Å². The number of hydrogen-bond acceptors (Lipinski definition) is 5. The maximum atomic E-state index is 12.3. The first kappa shape index (κ1) is 19.8. The minimum Gasteiger partial charge on any atom is -0.483 e. The molecule has 27 heavy (non-hydrogen) atoms. The van der Waals surface area contributed by atoms with Crippen LogP contribution in [-0.2, 0) is 16.8 Å².